The first kappa shape index (κ1) is 18.3. The number of hydrogen-bond donors (Lipinski definition) is 1. The minimum absolute atomic E-state index is 0.181. The van der Waals surface area contributed by atoms with Gasteiger partial charge in [-0.25, -0.2) is 0 Å². The number of hydrogen-bond acceptors (Lipinski definition) is 3. The van der Waals surface area contributed by atoms with Crippen molar-refractivity contribution < 1.29 is 9.32 Å². The highest BCUT2D eigenvalue weighted by molar-refractivity contribution is 5.92. The number of aryl methyl sites for hydroxylation is 2. The lowest BCUT2D eigenvalue weighted by molar-refractivity contribution is -0.116. The van der Waals surface area contributed by atoms with Gasteiger partial charge in [-0.15, -0.1) is 0 Å². The number of rotatable bonds is 4. The Morgan fingerprint density at radius 1 is 1.22 bits per heavy atom. The summed E-state index contributed by atoms with van der Waals surface area (Å²) >= 11 is 0. The summed E-state index contributed by atoms with van der Waals surface area (Å²) < 4.78 is 7.16. The molecule has 0 bridgehead atoms. The van der Waals surface area contributed by atoms with Crippen molar-refractivity contribution in [2.75, 3.05) is 6.54 Å². The molecule has 27 heavy (non-hydrogen) atoms. The third-order valence-corrected chi connectivity index (χ3v) is 4.09. The molecule has 136 valence electrons. The van der Waals surface area contributed by atoms with E-state index in [1.165, 1.54) is 6.08 Å². The Morgan fingerprint density at radius 2 is 2.00 bits per heavy atom. The van der Waals surface area contributed by atoms with Gasteiger partial charge in [-0.2, -0.15) is 0 Å². The van der Waals surface area contributed by atoms with E-state index in [1.807, 2.05) is 67.8 Å². The van der Waals surface area contributed by atoms with Crippen molar-refractivity contribution >= 4 is 12.0 Å². The SMILES string of the molecule is Cc1cc(-n2c(C)cc(/C=C/C(=O)NCC#Cc3ccccc3)c2C)no1. The number of aromatic nitrogens is 2. The minimum Gasteiger partial charge on any atom is -0.360 e. The number of carbonyl (C=O) groups excluding carboxylic acids is 1. The third kappa shape index (κ3) is 4.56. The summed E-state index contributed by atoms with van der Waals surface area (Å²) in [6.45, 7) is 6.14. The van der Waals surface area contributed by atoms with Crippen LogP contribution in [0.5, 0.6) is 0 Å². The van der Waals surface area contributed by atoms with Crippen LogP contribution in [0.15, 0.2) is 53.1 Å². The van der Waals surface area contributed by atoms with Crippen LogP contribution < -0.4 is 5.32 Å². The molecule has 1 N–H and O–H groups in total. The average molecular weight is 359 g/mol. The standard InChI is InChI=1S/C22H21N3O2/c1-16-14-20(18(3)25(16)21-15-17(2)27-24-21)11-12-22(26)23-13-7-10-19-8-5-4-6-9-19/h4-6,8-9,11-12,14-15H,13H2,1-3H3,(H,23,26)/b12-11+. The van der Waals surface area contributed by atoms with E-state index < -0.39 is 0 Å². The van der Waals surface area contributed by atoms with Crippen LogP contribution in [0.25, 0.3) is 11.9 Å². The second-order valence-electron chi connectivity index (χ2n) is 6.18. The monoisotopic (exact) mass is 359 g/mol. The first-order valence-corrected chi connectivity index (χ1v) is 8.67. The number of nitrogens with zero attached hydrogens (tertiary/aromatic N) is 2. The summed E-state index contributed by atoms with van der Waals surface area (Å²) in [6, 6.07) is 13.6. The molecule has 0 fully saturated rings. The Hall–Kier alpha value is -3.52. The van der Waals surface area contributed by atoms with Gasteiger partial charge in [0.1, 0.15) is 5.76 Å². The first-order valence-electron chi connectivity index (χ1n) is 8.67. The van der Waals surface area contributed by atoms with Crippen LogP contribution in [0.2, 0.25) is 0 Å². The number of carbonyl (C=O) groups is 1. The lowest BCUT2D eigenvalue weighted by atomic mass is 10.2. The molecule has 1 amide bonds. The highest BCUT2D eigenvalue weighted by atomic mass is 16.5. The van der Waals surface area contributed by atoms with Gasteiger partial charge < -0.3 is 9.84 Å². The first-order chi connectivity index (χ1) is 13.0. The van der Waals surface area contributed by atoms with Gasteiger partial charge in [0.15, 0.2) is 5.82 Å². The van der Waals surface area contributed by atoms with E-state index in [9.17, 15) is 4.79 Å². The van der Waals surface area contributed by atoms with Crippen molar-refractivity contribution in [3.8, 4) is 17.7 Å². The molecular formula is C22H21N3O2. The maximum Gasteiger partial charge on any atom is 0.244 e. The predicted octanol–water partition coefficient (Wildman–Crippen LogP) is 3.57. The molecule has 0 radical (unpaired) electrons. The van der Waals surface area contributed by atoms with Gasteiger partial charge >= 0.3 is 0 Å². The molecule has 0 spiro atoms. The quantitative estimate of drug-likeness (QED) is 0.572. The van der Waals surface area contributed by atoms with Gasteiger partial charge in [-0.1, -0.05) is 35.2 Å². The van der Waals surface area contributed by atoms with Gasteiger partial charge in [0.25, 0.3) is 0 Å². The molecule has 0 aliphatic heterocycles. The lowest BCUT2D eigenvalue weighted by Crippen LogP contribution is -2.20. The fourth-order valence-electron chi connectivity index (χ4n) is 2.79. The Balaban J connectivity index is 1.62. The summed E-state index contributed by atoms with van der Waals surface area (Å²) in [6.07, 6.45) is 3.32. The summed E-state index contributed by atoms with van der Waals surface area (Å²) in [5.74, 6) is 7.26. The molecule has 0 aliphatic carbocycles. The van der Waals surface area contributed by atoms with Crippen LogP contribution in [-0.2, 0) is 4.79 Å². The Labute approximate surface area is 158 Å². The molecule has 5 heteroatoms. The molecule has 1 aromatic carbocycles. The van der Waals surface area contributed by atoms with Crippen molar-refractivity contribution in [3.63, 3.8) is 0 Å². The van der Waals surface area contributed by atoms with Crippen LogP contribution in [0.4, 0.5) is 0 Å². The second kappa shape index (κ2) is 8.24. The highest BCUT2D eigenvalue weighted by Gasteiger charge is 2.12. The van der Waals surface area contributed by atoms with Crippen LogP contribution in [0.1, 0.15) is 28.3 Å². The fourth-order valence-corrected chi connectivity index (χ4v) is 2.79. The van der Waals surface area contributed by atoms with E-state index in [0.717, 1.165) is 34.1 Å². The molecule has 0 saturated carbocycles. The number of nitrogens with one attached hydrogen (secondary N) is 1. The normalized spacial score (nSPS) is 10.6. The average Bonchev–Trinajstić information content (AvgIpc) is 3.20. The van der Waals surface area contributed by atoms with E-state index in [4.69, 9.17) is 4.52 Å². The Morgan fingerprint density at radius 3 is 2.70 bits per heavy atom. The van der Waals surface area contributed by atoms with Crippen molar-refractivity contribution in [2.24, 2.45) is 0 Å². The van der Waals surface area contributed by atoms with Gasteiger partial charge in [0.05, 0.1) is 6.54 Å². The summed E-state index contributed by atoms with van der Waals surface area (Å²) in [4.78, 5) is 12.0. The largest absolute Gasteiger partial charge is 0.360 e. The molecule has 2 aromatic heterocycles. The number of amides is 1. The van der Waals surface area contributed by atoms with Gasteiger partial charge in [-0.3, -0.25) is 9.36 Å². The lowest BCUT2D eigenvalue weighted by Gasteiger charge is -2.03. The van der Waals surface area contributed by atoms with E-state index >= 15 is 0 Å². The van der Waals surface area contributed by atoms with Gasteiger partial charge in [0.2, 0.25) is 5.91 Å². The molecule has 3 rings (SSSR count). The molecule has 5 nitrogen and oxygen atoms in total. The minimum atomic E-state index is -0.181. The van der Waals surface area contributed by atoms with Crippen LogP contribution in [0, 0.1) is 32.6 Å². The maximum atomic E-state index is 12.0. The summed E-state index contributed by atoms with van der Waals surface area (Å²) in [5, 5.41) is 6.83. The fraction of sp³-hybridized carbons (Fsp3) is 0.182. The van der Waals surface area contributed by atoms with Crippen LogP contribution >= 0.6 is 0 Å². The topological polar surface area (TPSA) is 60.1 Å². The summed E-state index contributed by atoms with van der Waals surface area (Å²) in [5.41, 5.74) is 3.90. The zero-order valence-electron chi connectivity index (χ0n) is 15.6. The molecule has 0 unspecified atom stereocenters. The molecule has 2 heterocycles. The van der Waals surface area contributed by atoms with Crippen LogP contribution in [0.3, 0.4) is 0 Å². The zero-order chi connectivity index (χ0) is 19.2. The number of benzene rings is 1. The molecule has 0 atom stereocenters. The van der Waals surface area contributed by atoms with Crippen molar-refractivity contribution in [1.82, 2.24) is 15.0 Å². The smallest absolute Gasteiger partial charge is 0.244 e. The van der Waals surface area contributed by atoms with E-state index in [0.29, 0.717) is 6.54 Å². The maximum absolute atomic E-state index is 12.0. The van der Waals surface area contributed by atoms with E-state index in [2.05, 4.69) is 22.3 Å². The highest BCUT2D eigenvalue weighted by Crippen LogP contribution is 2.21. The molecule has 0 aliphatic rings. The Kier molecular flexibility index (Phi) is 5.58. The second-order valence-corrected chi connectivity index (χ2v) is 6.18. The molecule has 3 aromatic rings. The van der Waals surface area contributed by atoms with Gasteiger partial charge in [-0.05, 0) is 50.6 Å². The van der Waals surface area contributed by atoms with E-state index in [-0.39, 0.29) is 5.91 Å². The third-order valence-electron chi connectivity index (χ3n) is 4.09. The van der Waals surface area contributed by atoms with Crippen molar-refractivity contribution in [1.29, 1.82) is 0 Å². The summed E-state index contributed by atoms with van der Waals surface area (Å²) in [7, 11) is 0. The van der Waals surface area contributed by atoms with Crippen molar-refractivity contribution in [3.05, 3.63) is 76.8 Å². The Bertz CT molecular complexity index is 1030. The molecule has 0 saturated heterocycles. The van der Waals surface area contributed by atoms with Gasteiger partial charge in [0, 0.05) is 29.1 Å². The molecular weight excluding hydrogens is 338 g/mol. The predicted molar refractivity (Wildman–Crippen MR) is 105 cm³/mol. The van der Waals surface area contributed by atoms with E-state index in [1.54, 1.807) is 6.08 Å². The zero-order valence-corrected chi connectivity index (χ0v) is 15.6. The van der Waals surface area contributed by atoms with Crippen LogP contribution in [-0.4, -0.2) is 22.2 Å². The van der Waals surface area contributed by atoms with Crippen molar-refractivity contribution in [2.45, 2.75) is 20.8 Å².